The molecule has 0 unspecified atom stereocenters. The number of methoxy groups -OCH3 is 1. The van der Waals surface area contributed by atoms with Crippen LogP contribution in [-0.2, 0) is 11.2 Å². The number of benzene rings is 2. The lowest BCUT2D eigenvalue weighted by Crippen LogP contribution is -2.29. The third-order valence-electron chi connectivity index (χ3n) is 4.78. The van der Waals surface area contributed by atoms with Crippen LogP contribution in [-0.4, -0.2) is 46.3 Å². The van der Waals surface area contributed by atoms with Gasteiger partial charge in [0, 0.05) is 10.6 Å². The molecule has 0 saturated carbocycles. The molecule has 3 aromatic rings. The first kappa shape index (κ1) is 23.8. The second kappa shape index (κ2) is 10.6. The van der Waals surface area contributed by atoms with Crippen LogP contribution in [0.3, 0.4) is 0 Å². The van der Waals surface area contributed by atoms with Crippen molar-refractivity contribution in [3.8, 4) is 11.4 Å². The molecule has 0 bridgehead atoms. The molecule has 3 rings (SSSR count). The number of aromatic nitrogens is 2. The number of nitrogens with zero attached hydrogens (tertiary/aromatic N) is 2. The summed E-state index contributed by atoms with van der Waals surface area (Å²) in [6, 6.07) is 11.6. The number of carboxylic acids is 1. The van der Waals surface area contributed by atoms with Crippen molar-refractivity contribution < 1.29 is 24.2 Å². The Morgan fingerprint density at radius 2 is 1.85 bits per heavy atom. The predicted molar refractivity (Wildman–Crippen MR) is 123 cm³/mol. The minimum Gasteiger partial charge on any atom is -0.495 e. The van der Waals surface area contributed by atoms with Gasteiger partial charge in [-0.3, -0.25) is 14.4 Å². The Labute approximate surface area is 195 Å². The van der Waals surface area contributed by atoms with Gasteiger partial charge in [-0.05, 0) is 48.9 Å². The van der Waals surface area contributed by atoms with E-state index in [1.54, 1.807) is 16.8 Å². The smallest absolute Gasteiger partial charge is 0.322 e. The lowest BCUT2D eigenvalue weighted by Gasteiger charge is -2.13. The van der Waals surface area contributed by atoms with Crippen LogP contribution in [0, 0.1) is 0 Å². The largest absolute Gasteiger partial charge is 0.495 e. The van der Waals surface area contributed by atoms with Crippen molar-refractivity contribution >= 4 is 35.1 Å². The van der Waals surface area contributed by atoms with E-state index in [1.165, 1.54) is 31.5 Å². The molecule has 33 heavy (non-hydrogen) atoms. The highest BCUT2D eigenvalue weighted by molar-refractivity contribution is 6.30. The van der Waals surface area contributed by atoms with Gasteiger partial charge in [-0.15, -0.1) is 0 Å². The maximum atomic E-state index is 13.2. The topological polar surface area (TPSA) is 123 Å². The molecule has 3 N–H and O–H groups in total. The fraction of sp³-hybridized carbons (Fsp3) is 0.217. The van der Waals surface area contributed by atoms with Gasteiger partial charge in [-0.2, -0.15) is 5.10 Å². The molecule has 0 saturated heterocycles. The zero-order valence-electron chi connectivity index (χ0n) is 18.1. The highest BCUT2D eigenvalue weighted by atomic mass is 35.5. The Balaban J connectivity index is 1.90. The third kappa shape index (κ3) is 5.69. The SMILES string of the molecule is CCCc1c(C(=O)Nc2cc(C(=O)NCC(=O)O)ccc2OC)cnn1-c1ccc(Cl)cc1. The van der Waals surface area contributed by atoms with Crippen molar-refractivity contribution in [3.63, 3.8) is 0 Å². The average molecular weight is 471 g/mol. The molecule has 0 atom stereocenters. The summed E-state index contributed by atoms with van der Waals surface area (Å²) in [5, 5.41) is 18.8. The molecule has 0 fully saturated rings. The van der Waals surface area contributed by atoms with E-state index >= 15 is 0 Å². The van der Waals surface area contributed by atoms with Crippen LogP contribution >= 0.6 is 11.6 Å². The molecule has 2 amide bonds. The highest BCUT2D eigenvalue weighted by Gasteiger charge is 2.20. The molecule has 1 aromatic heterocycles. The van der Waals surface area contributed by atoms with Crippen LogP contribution in [0.5, 0.6) is 5.75 Å². The van der Waals surface area contributed by atoms with Crippen molar-refractivity contribution in [2.45, 2.75) is 19.8 Å². The monoisotopic (exact) mass is 470 g/mol. The molecular weight excluding hydrogens is 448 g/mol. The van der Waals surface area contributed by atoms with Crippen molar-refractivity contribution in [1.29, 1.82) is 0 Å². The van der Waals surface area contributed by atoms with Crippen molar-refractivity contribution in [2.75, 3.05) is 19.0 Å². The number of rotatable bonds is 9. The van der Waals surface area contributed by atoms with Crippen molar-refractivity contribution in [2.24, 2.45) is 0 Å². The zero-order chi connectivity index (χ0) is 24.0. The Hall–Kier alpha value is -3.85. The lowest BCUT2D eigenvalue weighted by molar-refractivity contribution is -0.135. The fourth-order valence-corrected chi connectivity index (χ4v) is 3.37. The minimum atomic E-state index is -1.16. The number of ether oxygens (including phenoxy) is 1. The van der Waals surface area contributed by atoms with E-state index in [0.29, 0.717) is 22.8 Å². The first-order valence-electron chi connectivity index (χ1n) is 10.2. The summed E-state index contributed by atoms with van der Waals surface area (Å²) in [6.07, 6.45) is 2.90. The molecule has 0 radical (unpaired) electrons. The van der Waals surface area contributed by atoms with Gasteiger partial charge in [-0.25, -0.2) is 4.68 Å². The van der Waals surface area contributed by atoms with Gasteiger partial charge in [-0.1, -0.05) is 24.9 Å². The molecule has 0 spiro atoms. The second-order valence-corrected chi connectivity index (χ2v) is 7.53. The highest BCUT2D eigenvalue weighted by Crippen LogP contribution is 2.27. The molecule has 9 nitrogen and oxygen atoms in total. The quantitative estimate of drug-likeness (QED) is 0.439. The van der Waals surface area contributed by atoms with Gasteiger partial charge in [0.25, 0.3) is 11.8 Å². The predicted octanol–water partition coefficient (Wildman–Crippen LogP) is 3.55. The van der Waals surface area contributed by atoms with E-state index in [-0.39, 0.29) is 11.3 Å². The fourth-order valence-electron chi connectivity index (χ4n) is 3.24. The van der Waals surface area contributed by atoms with Crippen LogP contribution in [0.15, 0.2) is 48.7 Å². The minimum absolute atomic E-state index is 0.179. The van der Waals surface area contributed by atoms with Crippen molar-refractivity contribution in [1.82, 2.24) is 15.1 Å². The number of halogens is 1. The summed E-state index contributed by atoms with van der Waals surface area (Å²) < 4.78 is 7.00. The van der Waals surface area contributed by atoms with Crippen LogP contribution in [0.4, 0.5) is 5.69 Å². The van der Waals surface area contributed by atoms with Gasteiger partial charge in [0.15, 0.2) is 0 Å². The van der Waals surface area contributed by atoms with Crippen LogP contribution in [0.25, 0.3) is 5.69 Å². The lowest BCUT2D eigenvalue weighted by atomic mass is 10.1. The summed E-state index contributed by atoms with van der Waals surface area (Å²) in [6.45, 7) is 1.49. The molecule has 1 heterocycles. The number of anilines is 1. The number of carbonyl (C=O) groups is 3. The average Bonchev–Trinajstić information content (AvgIpc) is 3.22. The number of amides is 2. The number of carbonyl (C=O) groups excluding carboxylic acids is 2. The molecule has 2 aromatic carbocycles. The van der Waals surface area contributed by atoms with Gasteiger partial charge < -0.3 is 20.5 Å². The summed E-state index contributed by atoms with van der Waals surface area (Å²) in [5.74, 6) is -1.82. The maximum Gasteiger partial charge on any atom is 0.322 e. The van der Waals surface area contributed by atoms with E-state index in [4.69, 9.17) is 21.4 Å². The molecule has 0 aliphatic heterocycles. The Morgan fingerprint density at radius 1 is 1.12 bits per heavy atom. The van der Waals surface area contributed by atoms with Gasteiger partial charge in [0.1, 0.15) is 12.3 Å². The van der Waals surface area contributed by atoms with E-state index in [0.717, 1.165) is 17.8 Å². The normalized spacial score (nSPS) is 10.5. The second-order valence-electron chi connectivity index (χ2n) is 7.09. The van der Waals surface area contributed by atoms with Gasteiger partial charge in [0.05, 0.1) is 35.9 Å². The first-order chi connectivity index (χ1) is 15.8. The summed E-state index contributed by atoms with van der Waals surface area (Å²) in [7, 11) is 1.44. The third-order valence-corrected chi connectivity index (χ3v) is 5.03. The Morgan fingerprint density at radius 3 is 2.48 bits per heavy atom. The Kier molecular flexibility index (Phi) is 7.68. The van der Waals surface area contributed by atoms with E-state index < -0.39 is 24.3 Å². The number of carboxylic acid groups (broad SMARTS) is 1. The number of nitrogens with one attached hydrogen (secondary N) is 2. The van der Waals surface area contributed by atoms with E-state index in [1.807, 2.05) is 19.1 Å². The maximum absolute atomic E-state index is 13.2. The number of hydrogen-bond donors (Lipinski definition) is 3. The summed E-state index contributed by atoms with van der Waals surface area (Å²) >= 11 is 5.98. The molecule has 0 aliphatic rings. The standard InChI is InChI=1S/C23H23ClN4O5/c1-3-4-19-17(12-26-28(19)16-8-6-15(24)7-9-16)23(32)27-18-11-14(5-10-20(18)33-2)22(31)25-13-21(29)30/h5-12H,3-4,13H2,1-2H3,(H,25,31)(H,27,32)(H,29,30). The number of aliphatic carboxylic acids is 1. The van der Waals surface area contributed by atoms with E-state index in [9.17, 15) is 14.4 Å². The Bertz CT molecular complexity index is 1170. The molecule has 10 heteroatoms. The number of hydrogen-bond acceptors (Lipinski definition) is 5. The summed E-state index contributed by atoms with van der Waals surface area (Å²) in [5.41, 5.74) is 2.34. The van der Waals surface area contributed by atoms with Crippen LogP contribution in [0.2, 0.25) is 5.02 Å². The van der Waals surface area contributed by atoms with Gasteiger partial charge in [0.2, 0.25) is 0 Å². The zero-order valence-corrected chi connectivity index (χ0v) is 18.8. The molecule has 172 valence electrons. The van der Waals surface area contributed by atoms with Crippen LogP contribution in [0.1, 0.15) is 39.8 Å². The van der Waals surface area contributed by atoms with E-state index in [2.05, 4.69) is 15.7 Å². The summed E-state index contributed by atoms with van der Waals surface area (Å²) in [4.78, 5) is 36.1. The van der Waals surface area contributed by atoms with Gasteiger partial charge >= 0.3 is 5.97 Å². The first-order valence-corrected chi connectivity index (χ1v) is 10.5. The molecular formula is C23H23ClN4O5. The van der Waals surface area contributed by atoms with Crippen LogP contribution < -0.4 is 15.4 Å². The van der Waals surface area contributed by atoms with Crippen molar-refractivity contribution in [3.05, 3.63) is 70.5 Å². The molecule has 0 aliphatic carbocycles.